The molecule has 128 valence electrons. The summed E-state index contributed by atoms with van der Waals surface area (Å²) in [6, 6.07) is 0.120. The number of amides is 1. The summed E-state index contributed by atoms with van der Waals surface area (Å²) < 4.78 is 23.4. The summed E-state index contributed by atoms with van der Waals surface area (Å²) in [4.78, 5) is 15.5. The molecule has 0 aromatic rings. The van der Waals surface area contributed by atoms with E-state index in [0.29, 0.717) is 25.5 Å². The van der Waals surface area contributed by atoms with Gasteiger partial charge in [0.25, 0.3) is 0 Å². The zero-order valence-corrected chi connectivity index (χ0v) is 14.7. The molecule has 0 aromatic carbocycles. The van der Waals surface area contributed by atoms with Gasteiger partial charge >= 0.3 is 0 Å². The van der Waals surface area contributed by atoms with Crippen LogP contribution >= 0.6 is 0 Å². The number of hydrogen-bond acceptors (Lipinski definition) is 4. The molecule has 0 bridgehead atoms. The summed E-state index contributed by atoms with van der Waals surface area (Å²) in [7, 11) is -3.17. The fourth-order valence-electron chi connectivity index (χ4n) is 1.95. The monoisotopic (exact) mass is 332 g/mol. The van der Waals surface area contributed by atoms with E-state index < -0.39 is 14.6 Å². The van der Waals surface area contributed by atoms with Gasteiger partial charge in [-0.25, -0.2) is 8.42 Å². The molecule has 1 fully saturated rings. The predicted octanol–water partition coefficient (Wildman–Crippen LogP) is 0.0334. The smallest absolute Gasteiger partial charge is 0.220 e. The highest BCUT2D eigenvalue weighted by Crippen LogP contribution is 2.15. The molecule has 22 heavy (non-hydrogen) atoms. The van der Waals surface area contributed by atoms with Gasteiger partial charge in [0, 0.05) is 25.6 Å². The molecule has 1 heterocycles. The van der Waals surface area contributed by atoms with E-state index in [1.54, 1.807) is 20.8 Å². The number of rotatable bonds is 5. The van der Waals surface area contributed by atoms with E-state index in [0.717, 1.165) is 6.42 Å². The predicted molar refractivity (Wildman–Crippen MR) is 88.7 cm³/mol. The highest BCUT2D eigenvalue weighted by molar-refractivity contribution is 7.92. The second-order valence-corrected chi connectivity index (χ2v) is 9.24. The molecule has 1 aliphatic rings. The molecule has 7 nitrogen and oxygen atoms in total. The van der Waals surface area contributed by atoms with E-state index in [1.807, 2.05) is 6.92 Å². The summed E-state index contributed by atoms with van der Waals surface area (Å²) in [5.41, 5.74) is 0. The van der Waals surface area contributed by atoms with Crippen LogP contribution in [-0.4, -0.2) is 56.5 Å². The first kappa shape index (κ1) is 18.7. The fraction of sp³-hybridized carbons (Fsp3) is 0.857. The lowest BCUT2D eigenvalue weighted by Crippen LogP contribution is -2.51. The number of carbonyl (C=O) groups excluding carboxylic acids is 1. The van der Waals surface area contributed by atoms with E-state index >= 15 is 0 Å². The molecule has 1 aliphatic heterocycles. The lowest BCUT2D eigenvalue weighted by Gasteiger charge is -2.25. The number of nitrogens with one attached hydrogen (secondary N) is 3. The molecule has 0 spiro atoms. The van der Waals surface area contributed by atoms with E-state index in [-0.39, 0.29) is 24.2 Å². The topological polar surface area (TPSA) is 99.7 Å². The number of guanidine groups is 1. The van der Waals surface area contributed by atoms with Crippen molar-refractivity contribution in [3.05, 3.63) is 0 Å². The van der Waals surface area contributed by atoms with Gasteiger partial charge in [-0.15, -0.1) is 0 Å². The second kappa shape index (κ2) is 7.80. The van der Waals surface area contributed by atoms with Crippen molar-refractivity contribution < 1.29 is 13.2 Å². The maximum absolute atomic E-state index is 12.1. The van der Waals surface area contributed by atoms with Gasteiger partial charge < -0.3 is 16.0 Å². The maximum atomic E-state index is 12.1. The Kier molecular flexibility index (Phi) is 6.65. The zero-order chi connectivity index (χ0) is 16.8. The van der Waals surface area contributed by atoms with Gasteiger partial charge in [0.2, 0.25) is 5.91 Å². The van der Waals surface area contributed by atoms with Gasteiger partial charge in [0.15, 0.2) is 15.8 Å². The Labute approximate surface area is 133 Å². The summed E-state index contributed by atoms with van der Waals surface area (Å²) in [6.07, 6.45) is 1.24. The van der Waals surface area contributed by atoms with Crippen molar-refractivity contribution in [1.29, 1.82) is 0 Å². The van der Waals surface area contributed by atoms with Crippen molar-refractivity contribution in [3.63, 3.8) is 0 Å². The van der Waals surface area contributed by atoms with Crippen LogP contribution in [0, 0.1) is 0 Å². The molecule has 0 aromatic heterocycles. The summed E-state index contributed by atoms with van der Waals surface area (Å²) >= 11 is 0. The van der Waals surface area contributed by atoms with Crippen LogP contribution in [0.15, 0.2) is 4.99 Å². The van der Waals surface area contributed by atoms with Crippen molar-refractivity contribution in [1.82, 2.24) is 16.0 Å². The molecule has 1 amide bonds. The zero-order valence-electron chi connectivity index (χ0n) is 13.9. The first-order valence-corrected chi connectivity index (χ1v) is 9.35. The first-order chi connectivity index (χ1) is 10.2. The van der Waals surface area contributed by atoms with Gasteiger partial charge in [-0.05, 0) is 34.1 Å². The second-order valence-electron chi connectivity index (χ2n) is 6.38. The van der Waals surface area contributed by atoms with Crippen LogP contribution in [0.5, 0.6) is 0 Å². The molecule has 0 aliphatic carbocycles. The number of carbonyl (C=O) groups is 1. The van der Waals surface area contributed by atoms with Crippen molar-refractivity contribution in [2.75, 3.05) is 25.4 Å². The molecule has 0 saturated carbocycles. The van der Waals surface area contributed by atoms with Gasteiger partial charge in [-0.1, -0.05) is 0 Å². The Hall–Kier alpha value is -1.31. The van der Waals surface area contributed by atoms with Crippen LogP contribution in [-0.2, 0) is 14.6 Å². The van der Waals surface area contributed by atoms with Crippen molar-refractivity contribution in [3.8, 4) is 0 Å². The summed E-state index contributed by atoms with van der Waals surface area (Å²) in [5, 5.41) is 9.13. The SMILES string of the molecule is CCNC(=NCCS(=O)(=O)C(C)(C)C)NC1CCC(=O)NC1. The van der Waals surface area contributed by atoms with Crippen molar-refractivity contribution in [2.24, 2.45) is 4.99 Å². The Balaban J connectivity index is 2.57. The van der Waals surface area contributed by atoms with Gasteiger partial charge in [-0.2, -0.15) is 0 Å². The van der Waals surface area contributed by atoms with Crippen molar-refractivity contribution in [2.45, 2.75) is 51.3 Å². The molecular formula is C14H28N4O3S. The molecule has 1 saturated heterocycles. The van der Waals surface area contributed by atoms with Crippen LogP contribution in [0.25, 0.3) is 0 Å². The third-order valence-corrected chi connectivity index (χ3v) is 6.10. The summed E-state index contributed by atoms with van der Waals surface area (Å²) in [6.45, 7) is 8.50. The fourth-order valence-corrected chi connectivity index (χ4v) is 2.90. The van der Waals surface area contributed by atoms with Crippen LogP contribution in [0.4, 0.5) is 0 Å². The Bertz CT molecular complexity index is 499. The number of hydrogen-bond donors (Lipinski definition) is 3. The Morgan fingerprint density at radius 3 is 2.59 bits per heavy atom. The number of piperidine rings is 1. The minimum atomic E-state index is -3.17. The molecule has 1 atom stereocenters. The van der Waals surface area contributed by atoms with Crippen LogP contribution < -0.4 is 16.0 Å². The van der Waals surface area contributed by atoms with Crippen LogP contribution in [0.2, 0.25) is 0 Å². The third-order valence-electron chi connectivity index (χ3n) is 3.51. The quantitative estimate of drug-likeness (QED) is 0.487. The van der Waals surface area contributed by atoms with Crippen LogP contribution in [0.1, 0.15) is 40.5 Å². The van der Waals surface area contributed by atoms with E-state index in [1.165, 1.54) is 0 Å². The largest absolute Gasteiger partial charge is 0.357 e. The molecule has 8 heteroatoms. The molecule has 1 unspecified atom stereocenters. The highest BCUT2D eigenvalue weighted by atomic mass is 32.2. The normalized spacial score (nSPS) is 20.5. The Morgan fingerprint density at radius 2 is 2.09 bits per heavy atom. The van der Waals surface area contributed by atoms with E-state index in [9.17, 15) is 13.2 Å². The average Bonchev–Trinajstić information content (AvgIpc) is 2.40. The number of nitrogens with zero attached hydrogens (tertiary/aromatic N) is 1. The number of aliphatic imine (C=N–C) groups is 1. The minimum Gasteiger partial charge on any atom is -0.357 e. The van der Waals surface area contributed by atoms with Crippen LogP contribution in [0.3, 0.4) is 0 Å². The third kappa shape index (κ3) is 5.82. The average molecular weight is 332 g/mol. The highest BCUT2D eigenvalue weighted by Gasteiger charge is 2.28. The lowest BCUT2D eigenvalue weighted by atomic mass is 10.1. The van der Waals surface area contributed by atoms with E-state index in [4.69, 9.17) is 0 Å². The van der Waals surface area contributed by atoms with Gasteiger partial charge in [-0.3, -0.25) is 9.79 Å². The minimum absolute atomic E-state index is 0.0223. The maximum Gasteiger partial charge on any atom is 0.220 e. The molecule has 1 rings (SSSR count). The molecular weight excluding hydrogens is 304 g/mol. The Morgan fingerprint density at radius 1 is 1.41 bits per heavy atom. The van der Waals surface area contributed by atoms with Crippen molar-refractivity contribution >= 4 is 21.7 Å². The molecule has 3 N–H and O–H groups in total. The summed E-state index contributed by atoms with van der Waals surface area (Å²) in [5.74, 6) is 0.679. The van der Waals surface area contributed by atoms with Gasteiger partial charge in [0.1, 0.15) is 0 Å². The first-order valence-electron chi connectivity index (χ1n) is 7.69. The van der Waals surface area contributed by atoms with Gasteiger partial charge in [0.05, 0.1) is 17.0 Å². The lowest BCUT2D eigenvalue weighted by molar-refractivity contribution is -0.122. The van der Waals surface area contributed by atoms with E-state index in [2.05, 4.69) is 20.9 Å². The standard InChI is InChI=1S/C14H28N4O3S/c1-5-15-13(18-11-6-7-12(19)17-10-11)16-8-9-22(20,21)14(2,3)4/h11H,5-10H2,1-4H3,(H,17,19)(H2,15,16,18). The molecule has 0 radical (unpaired) electrons. The number of sulfone groups is 1.